The van der Waals surface area contributed by atoms with Gasteiger partial charge in [-0.2, -0.15) is 0 Å². The highest BCUT2D eigenvalue weighted by Crippen LogP contribution is 2.46. The van der Waals surface area contributed by atoms with E-state index >= 15 is 0 Å². The standard InChI is InChI=1S/C22H40N2O/c1-22(2)12-18-20(19(25)13-22)21(16-10-6-7-11-17(16)24-18)23-14-15-8-4-3-5-9-15/h15-21,23-25H,3-14H2,1-2H3/t16?,17?,18?,19-,20?,21?/m1/s1. The number of nitrogens with one attached hydrogen (secondary N) is 2. The third-order valence-electron chi connectivity index (χ3n) is 7.93. The first kappa shape index (κ1) is 18.3. The van der Waals surface area contributed by atoms with Crippen molar-refractivity contribution in [2.24, 2.45) is 23.2 Å². The van der Waals surface area contributed by atoms with E-state index in [0.717, 1.165) is 18.3 Å². The number of rotatable bonds is 3. The molecule has 3 saturated carbocycles. The summed E-state index contributed by atoms with van der Waals surface area (Å²) < 4.78 is 0. The molecule has 144 valence electrons. The van der Waals surface area contributed by atoms with E-state index < -0.39 is 0 Å². The molecule has 6 atom stereocenters. The van der Waals surface area contributed by atoms with Gasteiger partial charge in [0.2, 0.25) is 0 Å². The number of aliphatic hydroxyl groups is 1. The molecule has 4 rings (SSSR count). The molecule has 3 aliphatic carbocycles. The highest BCUT2D eigenvalue weighted by molar-refractivity contribution is 5.08. The van der Waals surface area contributed by atoms with Crippen molar-refractivity contribution in [3.63, 3.8) is 0 Å². The van der Waals surface area contributed by atoms with Gasteiger partial charge in [0.05, 0.1) is 6.10 Å². The van der Waals surface area contributed by atoms with Gasteiger partial charge in [-0.1, -0.05) is 46.0 Å². The van der Waals surface area contributed by atoms with E-state index in [1.54, 1.807) is 0 Å². The summed E-state index contributed by atoms with van der Waals surface area (Å²) in [4.78, 5) is 0. The lowest BCUT2D eigenvalue weighted by Gasteiger charge is -2.56. The normalized spacial score (nSPS) is 44.8. The maximum Gasteiger partial charge on any atom is 0.0603 e. The Labute approximate surface area is 154 Å². The van der Waals surface area contributed by atoms with Crippen molar-refractivity contribution < 1.29 is 5.11 Å². The number of fused-ring (bicyclic) bond motifs is 2. The maximum atomic E-state index is 11.1. The molecule has 3 heteroatoms. The van der Waals surface area contributed by atoms with E-state index in [1.165, 1.54) is 70.8 Å². The summed E-state index contributed by atoms with van der Waals surface area (Å²) in [6.07, 6.45) is 14.6. The second-order valence-electron chi connectivity index (χ2n) is 10.5. The number of piperidine rings is 1. The van der Waals surface area contributed by atoms with Crippen molar-refractivity contribution in [2.45, 2.75) is 109 Å². The Morgan fingerprint density at radius 3 is 2.44 bits per heavy atom. The summed E-state index contributed by atoms with van der Waals surface area (Å²) in [6.45, 7) is 5.87. The summed E-state index contributed by atoms with van der Waals surface area (Å²) in [5, 5.41) is 19.1. The monoisotopic (exact) mass is 348 g/mol. The Hall–Kier alpha value is -0.120. The summed E-state index contributed by atoms with van der Waals surface area (Å²) in [6, 6.07) is 1.71. The van der Waals surface area contributed by atoms with Crippen molar-refractivity contribution in [1.82, 2.24) is 10.6 Å². The van der Waals surface area contributed by atoms with Gasteiger partial charge in [-0.25, -0.2) is 0 Å². The molecule has 3 nitrogen and oxygen atoms in total. The smallest absolute Gasteiger partial charge is 0.0603 e. The van der Waals surface area contributed by atoms with Crippen LogP contribution in [0.2, 0.25) is 0 Å². The Kier molecular flexibility index (Phi) is 5.46. The molecule has 0 spiro atoms. The average Bonchev–Trinajstić information content (AvgIpc) is 2.58. The minimum absolute atomic E-state index is 0.145. The third kappa shape index (κ3) is 3.94. The Morgan fingerprint density at radius 1 is 0.920 bits per heavy atom. The van der Waals surface area contributed by atoms with Crippen molar-refractivity contribution in [2.75, 3.05) is 6.54 Å². The number of aliphatic hydroxyl groups excluding tert-OH is 1. The zero-order valence-electron chi connectivity index (χ0n) is 16.5. The van der Waals surface area contributed by atoms with Crippen LogP contribution in [0.15, 0.2) is 0 Å². The summed E-state index contributed by atoms with van der Waals surface area (Å²) in [5.74, 6) is 2.02. The Morgan fingerprint density at radius 2 is 1.64 bits per heavy atom. The summed E-state index contributed by atoms with van der Waals surface area (Å²) in [5.41, 5.74) is 0.267. The average molecular weight is 349 g/mol. The SMILES string of the molecule is CC1(C)CC2NC3CCCCC3C(NCC3CCCCC3)C2[C@H](O)C1. The summed E-state index contributed by atoms with van der Waals surface area (Å²) in [7, 11) is 0. The molecule has 5 unspecified atom stereocenters. The van der Waals surface area contributed by atoms with Gasteiger partial charge in [-0.15, -0.1) is 0 Å². The third-order valence-corrected chi connectivity index (χ3v) is 7.93. The van der Waals surface area contributed by atoms with Gasteiger partial charge in [0, 0.05) is 24.0 Å². The number of hydrogen-bond donors (Lipinski definition) is 3. The van der Waals surface area contributed by atoms with E-state index in [4.69, 9.17) is 0 Å². The van der Waals surface area contributed by atoms with Crippen LogP contribution in [0.5, 0.6) is 0 Å². The van der Waals surface area contributed by atoms with E-state index in [2.05, 4.69) is 24.5 Å². The Balaban J connectivity index is 1.49. The van der Waals surface area contributed by atoms with Gasteiger partial charge in [0.25, 0.3) is 0 Å². The molecule has 0 aromatic rings. The molecule has 4 aliphatic rings. The first-order valence-corrected chi connectivity index (χ1v) is 11.2. The topological polar surface area (TPSA) is 44.3 Å². The number of hydrogen-bond acceptors (Lipinski definition) is 3. The van der Waals surface area contributed by atoms with E-state index in [-0.39, 0.29) is 11.5 Å². The molecule has 0 aromatic carbocycles. The van der Waals surface area contributed by atoms with Gasteiger partial charge >= 0.3 is 0 Å². The molecule has 0 radical (unpaired) electrons. The van der Waals surface area contributed by atoms with Crippen LogP contribution in [-0.4, -0.2) is 35.9 Å². The van der Waals surface area contributed by atoms with E-state index in [9.17, 15) is 5.11 Å². The molecule has 0 amide bonds. The zero-order chi connectivity index (χ0) is 17.4. The van der Waals surface area contributed by atoms with Crippen LogP contribution >= 0.6 is 0 Å². The first-order chi connectivity index (χ1) is 12.0. The fourth-order valence-corrected chi connectivity index (χ4v) is 6.78. The highest BCUT2D eigenvalue weighted by atomic mass is 16.3. The molecule has 1 aliphatic heterocycles. The highest BCUT2D eigenvalue weighted by Gasteiger charge is 2.51. The van der Waals surface area contributed by atoms with Crippen molar-refractivity contribution in [3.8, 4) is 0 Å². The molecular formula is C22H40N2O. The predicted octanol–water partition coefficient (Wildman–Crippen LogP) is 3.85. The minimum Gasteiger partial charge on any atom is -0.393 e. The zero-order valence-corrected chi connectivity index (χ0v) is 16.5. The molecule has 1 saturated heterocycles. The molecule has 3 N–H and O–H groups in total. The lowest BCUT2D eigenvalue weighted by Crippen LogP contribution is -2.69. The second-order valence-corrected chi connectivity index (χ2v) is 10.5. The van der Waals surface area contributed by atoms with Crippen molar-refractivity contribution in [3.05, 3.63) is 0 Å². The van der Waals surface area contributed by atoms with E-state index in [1.807, 2.05) is 0 Å². The van der Waals surface area contributed by atoms with E-state index in [0.29, 0.717) is 24.0 Å². The van der Waals surface area contributed by atoms with Gasteiger partial charge < -0.3 is 15.7 Å². The van der Waals surface area contributed by atoms with Crippen LogP contribution in [0, 0.1) is 23.2 Å². The largest absolute Gasteiger partial charge is 0.393 e. The maximum absolute atomic E-state index is 11.1. The Bertz CT molecular complexity index is 445. The van der Waals surface area contributed by atoms with Crippen LogP contribution < -0.4 is 10.6 Å². The molecular weight excluding hydrogens is 308 g/mol. The molecule has 0 aromatic heterocycles. The van der Waals surface area contributed by atoms with Crippen molar-refractivity contribution >= 4 is 0 Å². The molecule has 4 fully saturated rings. The molecule has 0 bridgehead atoms. The summed E-state index contributed by atoms with van der Waals surface area (Å²) >= 11 is 0. The molecule has 25 heavy (non-hydrogen) atoms. The van der Waals surface area contributed by atoms with Crippen LogP contribution in [0.1, 0.15) is 84.5 Å². The van der Waals surface area contributed by atoms with Gasteiger partial charge in [-0.05, 0) is 62.3 Å². The van der Waals surface area contributed by atoms with Gasteiger partial charge in [-0.3, -0.25) is 0 Å². The lowest BCUT2D eigenvalue weighted by atomic mass is 9.60. The van der Waals surface area contributed by atoms with Crippen LogP contribution in [0.4, 0.5) is 0 Å². The lowest BCUT2D eigenvalue weighted by molar-refractivity contribution is -0.0669. The van der Waals surface area contributed by atoms with Crippen LogP contribution in [-0.2, 0) is 0 Å². The quantitative estimate of drug-likeness (QED) is 0.726. The van der Waals surface area contributed by atoms with Crippen LogP contribution in [0.3, 0.4) is 0 Å². The fourth-order valence-electron chi connectivity index (χ4n) is 6.78. The van der Waals surface area contributed by atoms with Gasteiger partial charge in [0.15, 0.2) is 0 Å². The predicted molar refractivity (Wildman–Crippen MR) is 104 cm³/mol. The van der Waals surface area contributed by atoms with Gasteiger partial charge in [0.1, 0.15) is 0 Å². The first-order valence-electron chi connectivity index (χ1n) is 11.2. The fraction of sp³-hybridized carbons (Fsp3) is 1.00. The minimum atomic E-state index is -0.145. The second kappa shape index (κ2) is 7.48. The van der Waals surface area contributed by atoms with Crippen molar-refractivity contribution in [1.29, 1.82) is 0 Å². The van der Waals surface area contributed by atoms with Crippen LogP contribution in [0.25, 0.3) is 0 Å². The molecule has 1 heterocycles.